The fraction of sp³-hybridized carbons (Fsp3) is 0.314. The number of likely N-dealkylation sites (N-methyl/N-ethyl adjacent to an activating group) is 2. The molecule has 4 rings (SSSR count). The van der Waals surface area contributed by atoms with Crippen molar-refractivity contribution in [1.82, 2.24) is 9.80 Å². The Labute approximate surface area is 264 Å². The molecule has 4 aromatic rings. The molecular weight excluding hydrogens is 550 g/mol. The van der Waals surface area contributed by atoms with E-state index >= 15 is 0 Å². The van der Waals surface area contributed by atoms with Crippen LogP contribution >= 0.6 is 0 Å². The van der Waals surface area contributed by atoms with Crippen LogP contribution in [0.25, 0.3) is 0 Å². The molecule has 44 heavy (non-hydrogen) atoms. The van der Waals surface area contributed by atoms with Crippen LogP contribution < -0.4 is 21.1 Å². The zero-order chi connectivity index (χ0) is 31.6. The zero-order valence-corrected chi connectivity index (χ0v) is 26.9. The standard InChI is InChI=1S/C35H43B2N2O5/c1-34(39(4)5,28-14-10-8-11-15-28)35(40-6,41-7)44-36-29-18-22-32(23-19-29)43-33-24-20-31(21-25-33)37(42-27-26-38(2)3)30-16-12-9-13-17-30/h8-25H,26-27H2,1-7H3. The van der Waals surface area contributed by atoms with Crippen LogP contribution in [0.1, 0.15) is 12.5 Å². The number of rotatable bonds is 16. The second kappa shape index (κ2) is 15.5. The van der Waals surface area contributed by atoms with E-state index in [4.69, 9.17) is 23.5 Å². The molecule has 0 aliphatic carbocycles. The Morgan fingerprint density at radius 1 is 0.682 bits per heavy atom. The number of hydrogen-bond donors (Lipinski definition) is 0. The maximum atomic E-state index is 6.30. The van der Waals surface area contributed by atoms with E-state index in [1.807, 2.05) is 125 Å². The van der Waals surface area contributed by atoms with Crippen LogP contribution in [0.15, 0.2) is 109 Å². The van der Waals surface area contributed by atoms with Crippen molar-refractivity contribution in [1.29, 1.82) is 0 Å². The molecule has 0 saturated carbocycles. The molecule has 7 nitrogen and oxygen atoms in total. The number of methoxy groups -OCH3 is 2. The van der Waals surface area contributed by atoms with Crippen LogP contribution in [0, 0.1) is 0 Å². The Balaban J connectivity index is 1.43. The molecule has 0 spiro atoms. The second-order valence-corrected chi connectivity index (χ2v) is 11.2. The fourth-order valence-corrected chi connectivity index (χ4v) is 5.14. The van der Waals surface area contributed by atoms with Gasteiger partial charge in [0.15, 0.2) is 0 Å². The van der Waals surface area contributed by atoms with Crippen molar-refractivity contribution in [2.24, 2.45) is 0 Å². The Morgan fingerprint density at radius 2 is 1.20 bits per heavy atom. The van der Waals surface area contributed by atoms with E-state index in [2.05, 4.69) is 29.2 Å². The van der Waals surface area contributed by atoms with Gasteiger partial charge < -0.3 is 28.4 Å². The summed E-state index contributed by atoms with van der Waals surface area (Å²) in [5.41, 5.74) is 3.26. The monoisotopic (exact) mass is 593 g/mol. The van der Waals surface area contributed by atoms with Gasteiger partial charge in [0.05, 0.1) is 0 Å². The van der Waals surface area contributed by atoms with Crippen molar-refractivity contribution >= 4 is 30.8 Å². The number of benzene rings is 4. The van der Waals surface area contributed by atoms with Crippen LogP contribution in [-0.2, 0) is 24.3 Å². The SMILES string of the molecule is COC(OC)(O[B]c1ccc(Oc2ccc(B(OCCN(C)C)c3ccccc3)cc2)cc1)C(C)(c1ccccc1)N(C)C. The molecule has 1 atom stereocenters. The van der Waals surface area contributed by atoms with Crippen molar-refractivity contribution in [3.8, 4) is 11.5 Å². The molecule has 0 aliphatic heterocycles. The van der Waals surface area contributed by atoms with Crippen molar-refractivity contribution in [2.75, 3.05) is 55.6 Å². The van der Waals surface area contributed by atoms with Crippen LogP contribution in [0.2, 0.25) is 0 Å². The third-order valence-electron chi connectivity index (χ3n) is 7.94. The maximum Gasteiger partial charge on any atom is 0.361 e. The summed E-state index contributed by atoms with van der Waals surface area (Å²) in [6, 6.07) is 36.1. The lowest BCUT2D eigenvalue weighted by molar-refractivity contribution is -0.378. The number of hydrogen-bond acceptors (Lipinski definition) is 7. The smallest absolute Gasteiger partial charge is 0.361 e. The fourth-order valence-electron chi connectivity index (χ4n) is 5.14. The first-order chi connectivity index (χ1) is 21.2. The van der Waals surface area contributed by atoms with Crippen molar-refractivity contribution < 1.29 is 23.5 Å². The third-order valence-corrected chi connectivity index (χ3v) is 7.94. The van der Waals surface area contributed by atoms with Crippen LogP contribution in [0.5, 0.6) is 11.5 Å². The van der Waals surface area contributed by atoms with Gasteiger partial charge in [0.1, 0.15) is 17.0 Å². The van der Waals surface area contributed by atoms with Gasteiger partial charge in [0.25, 0.3) is 5.97 Å². The van der Waals surface area contributed by atoms with Gasteiger partial charge in [0, 0.05) is 27.4 Å². The molecule has 0 saturated heterocycles. The molecular formula is C35H43B2N2O5. The minimum absolute atomic E-state index is 0.150. The predicted octanol–water partition coefficient (Wildman–Crippen LogP) is 3.85. The average molecular weight is 593 g/mol. The van der Waals surface area contributed by atoms with E-state index in [1.54, 1.807) is 21.7 Å². The van der Waals surface area contributed by atoms with Gasteiger partial charge in [0.2, 0.25) is 0 Å². The van der Waals surface area contributed by atoms with Gasteiger partial charge in [-0.05, 0) is 75.9 Å². The van der Waals surface area contributed by atoms with Gasteiger partial charge in [-0.2, -0.15) is 0 Å². The molecule has 1 unspecified atom stereocenters. The summed E-state index contributed by atoms with van der Waals surface area (Å²) in [5, 5.41) is 0. The Morgan fingerprint density at radius 3 is 1.73 bits per heavy atom. The molecule has 4 aromatic carbocycles. The largest absolute Gasteiger partial charge is 0.457 e. The number of nitrogens with zero attached hydrogens (tertiary/aromatic N) is 2. The van der Waals surface area contributed by atoms with Gasteiger partial charge in [-0.1, -0.05) is 90.4 Å². The van der Waals surface area contributed by atoms with Gasteiger partial charge in [-0.25, -0.2) is 0 Å². The van der Waals surface area contributed by atoms with Crippen molar-refractivity contribution in [2.45, 2.75) is 18.4 Å². The number of ether oxygens (including phenoxy) is 3. The van der Waals surface area contributed by atoms with Gasteiger partial charge in [-0.3, -0.25) is 4.90 Å². The quantitative estimate of drug-likeness (QED) is 0.145. The van der Waals surface area contributed by atoms with E-state index in [1.165, 1.54) is 0 Å². The summed E-state index contributed by atoms with van der Waals surface area (Å²) in [4.78, 5) is 4.15. The molecule has 0 bridgehead atoms. The molecule has 0 aliphatic rings. The Hall–Kier alpha value is -3.43. The first-order valence-electron chi connectivity index (χ1n) is 14.8. The minimum Gasteiger partial charge on any atom is -0.457 e. The zero-order valence-electron chi connectivity index (χ0n) is 26.9. The minimum atomic E-state index is -1.41. The van der Waals surface area contributed by atoms with Gasteiger partial charge in [-0.15, -0.1) is 0 Å². The molecule has 0 aromatic heterocycles. The van der Waals surface area contributed by atoms with E-state index in [9.17, 15) is 0 Å². The van der Waals surface area contributed by atoms with Crippen LogP contribution in [-0.4, -0.2) is 85.7 Å². The molecule has 0 fully saturated rings. The first-order valence-corrected chi connectivity index (χ1v) is 14.8. The summed E-state index contributed by atoms with van der Waals surface area (Å²) in [6.45, 7) is 3.36. The summed E-state index contributed by atoms with van der Waals surface area (Å²) in [7, 11) is 12.9. The lowest BCUT2D eigenvalue weighted by Gasteiger charge is -2.49. The lowest BCUT2D eigenvalue weighted by atomic mass is 9.55. The Kier molecular flexibility index (Phi) is 11.8. The van der Waals surface area contributed by atoms with E-state index < -0.39 is 11.5 Å². The highest BCUT2D eigenvalue weighted by Crippen LogP contribution is 2.40. The third kappa shape index (κ3) is 7.80. The summed E-state index contributed by atoms with van der Waals surface area (Å²) in [5.74, 6) is 0.0378. The van der Waals surface area contributed by atoms with E-state index in [-0.39, 0.29) is 6.92 Å². The van der Waals surface area contributed by atoms with E-state index in [0.29, 0.717) is 12.4 Å². The van der Waals surface area contributed by atoms with Crippen LogP contribution in [0.4, 0.5) is 0 Å². The topological polar surface area (TPSA) is 52.6 Å². The lowest BCUT2D eigenvalue weighted by Crippen LogP contribution is -2.62. The van der Waals surface area contributed by atoms with Crippen LogP contribution in [0.3, 0.4) is 0 Å². The highest BCUT2D eigenvalue weighted by Gasteiger charge is 2.54. The molecule has 0 N–H and O–H groups in total. The van der Waals surface area contributed by atoms with E-state index in [0.717, 1.165) is 34.2 Å². The summed E-state index contributed by atoms with van der Waals surface area (Å²) in [6.07, 6.45) is 0. The summed E-state index contributed by atoms with van der Waals surface area (Å²) < 4.78 is 30.6. The predicted molar refractivity (Wildman–Crippen MR) is 180 cm³/mol. The first kappa shape index (κ1) is 33.5. The molecule has 9 heteroatoms. The average Bonchev–Trinajstić information content (AvgIpc) is 3.05. The molecule has 0 heterocycles. The van der Waals surface area contributed by atoms with Crippen molar-refractivity contribution in [3.05, 3.63) is 115 Å². The molecule has 229 valence electrons. The maximum absolute atomic E-state index is 6.30. The Bertz CT molecular complexity index is 1400. The van der Waals surface area contributed by atoms with Gasteiger partial charge >= 0.3 is 14.4 Å². The highest BCUT2D eigenvalue weighted by molar-refractivity contribution is 6.80. The molecule has 1 radical (unpaired) electrons. The molecule has 0 amide bonds. The summed E-state index contributed by atoms with van der Waals surface area (Å²) >= 11 is 0. The highest BCUT2D eigenvalue weighted by atomic mass is 16.9. The van der Waals surface area contributed by atoms with Crippen molar-refractivity contribution in [3.63, 3.8) is 0 Å². The normalized spacial score (nSPS) is 13.1. The second-order valence-electron chi connectivity index (χ2n) is 11.2.